The highest BCUT2D eigenvalue weighted by atomic mass is 32.1. The molecule has 4 rings (SSSR count). The van der Waals surface area contributed by atoms with Crippen LogP contribution in [0.5, 0.6) is 0 Å². The Bertz CT molecular complexity index is 570. The molecule has 3 heterocycles. The maximum Gasteiger partial charge on any atom is 0.108 e. The largest absolute Gasteiger partial charge is 0.314 e. The molecule has 0 amide bonds. The molecule has 1 aromatic carbocycles. The number of nitrogens with zero attached hydrogens (tertiary/aromatic N) is 2. The summed E-state index contributed by atoms with van der Waals surface area (Å²) in [5.74, 6) is 0.843. The van der Waals surface area contributed by atoms with Crippen molar-refractivity contribution in [3.63, 3.8) is 0 Å². The second-order valence-electron chi connectivity index (χ2n) is 6.42. The first kappa shape index (κ1) is 13.7. The van der Waals surface area contributed by atoms with Crippen LogP contribution in [-0.4, -0.2) is 35.6 Å². The minimum atomic E-state index is 0.767. The van der Waals surface area contributed by atoms with Crippen molar-refractivity contribution in [3.05, 3.63) is 29.3 Å². The number of piperidine rings is 1. The van der Waals surface area contributed by atoms with Crippen LogP contribution < -0.4 is 5.32 Å². The third kappa shape index (κ3) is 2.98. The van der Waals surface area contributed by atoms with Crippen molar-refractivity contribution in [1.29, 1.82) is 0 Å². The fourth-order valence-corrected chi connectivity index (χ4v) is 4.87. The maximum atomic E-state index is 4.79. The van der Waals surface area contributed by atoms with E-state index in [4.69, 9.17) is 4.98 Å². The smallest absolute Gasteiger partial charge is 0.108 e. The zero-order valence-electron chi connectivity index (χ0n) is 12.4. The topological polar surface area (TPSA) is 28.2 Å². The highest BCUT2D eigenvalue weighted by Crippen LogP contribution is 2.27. The van der Waals surface area contributed by atoms with Gasteiger partial charge in [0.2, 0.25) is 0 Å². The van der Waals surface area contributed by atoms with Gasteiger partial charge in [0.15, 0.2) is 0 Å². The van der Waals surface area contributed by atoms with E-state index < -0.39 is 0 Å². The number of fused-ring (bicyclic) bond motifs is 1. The predicted molar refractivity (Wildman–Crippen MR) is 88.6 cm³/mol. The van der Waals surface area contributed by atoms with Crippen molar-refractivity contribution < 1.29 is 0 Å². The van der Waals surface area contributed by atoms with Gasteiger partial charge in [-0.05, 0) is 56.8 Å². The molecular formula is C17H23N3S. The lowest BCUT2D eigenvalue weighted by Crippen LogP contribution is -2.43. The zero-order chi connectivity index (χ0) is 14.1. The molecule has 21 heavy (non-hydrogen) atoms. The second-order valence-corrected chi connectivity index (χ2v) is 7.53. The van der Waals surface area contributed by atoms with Crippen LogP contribution in [0.2, 0.25) is 0 Å². The van der Waals surface area contributed by atoms with Crippen LogP contribution in [-0.2, 0) is 6.54 Å². The fraction of sp³-hybridized carbons (Fsp3) is 0.588. The van der Waals surface area contributed by atoms with Gasteiger partial charge in [-0.3, -0.25) is 4.90 Å². The van der Waals surface area contributed by atoms with Gasteiger partial charge in [-0.15, -0.1) is 11.3 Å². The number of hydrogen-bond acceptors (Lipinski definition) is 4. The lowest BCUT2D eigenvalue weighted by Gasteiger charge is -2.35. The Labute approximate surface area is 130 Å². The molecule has 2 aliphatic heterocycles. The third-order valence-electron chi connectivity index (χ3n) is 4.91. The molecule has 1 aromatic heterocycles. The Hall–Kier alpha value is -0.970. The van der Waals surface area contributed by atoms with E-state index in [0.29, 0.717) is 0 Å². The Balaban J connectivity index is 1.43. The van der Waals surface area contributed by atoms with Crippen LogP contribution in [0.15, 0.2) is 24.3 Å². The summed E-state index contributed by atoms with van der Waals surface area (Å²) >= 11 is 1.86. The molecule has 0 bridgehead atoms. The van der Waals surface area contributed by atoms with E-state index in [0.717, 1.165) is 24.0 Å². The van der Waals surface area contributed by atoms with E-state index in [1.807, 2.05) is 11.3 Å². The Morgan fingerprint density at radius 3 is 3.05 bits per heavy atom. The van der Waals surface area contributed by atoms with E-state index >= 15 is 0 Å². The Morgan fingerprint density at radius 2 is 2.19 bits per heavy atom. The van der Waals surface area contributed by atoms with E-state index in [9.17, 15) is 0 Å². The van der Waals surface area contributed by atoms with Crippen molar-refractivity contribution in [2.75, 3.05) is 19.6 Å². The number of thiazole rings is 1. The molecule has 2 aliphatic rings. The van der Waals surface area contributed by atoms with Gasteiger partial charge in [-0.2, -0.15) is 0 Å². The summed E-state index contributed by atoms with van der Waals surface area (Å²) in [5, 5.41) is 4.97. The van der Waals surface area contributed by atoms with Crippen LogP contribution in [0.1, 0.15) is 30.7 Å². The average molecular weight is 301 g/mol. The predicted octanol–water partition coefficient (Wildman–Crippen LogP) is 3.26. The summed E-state index contributed by atoms with van der Waals surface area (Å²) in [6.07, 6.45) is 5.47. The first-order chi connectivity index (χ1) is 10.4. The van der Waals surface area contributed by atoms with E-state index in [1.54, 1.807) is 0 Å². The summed E-state index contributed by atoms with van der Waals surface area (Å²) in [6.45, 7) is 4.73. The van der Waals surface area contributed by atoms with E-state index in [-0.39, 0.29) is 0 Å². The number of likely N-dealkylation sites (tertiary alicyclic amines) is 1. The molecule has 2 atom stereocenters. The number of benzene rings is 1. The molecule has 2 saturated heterocycles. The molecular weight excluding hydrogens is 278 g/mol. The van der Waals surface area contributed by atoms with Crippen molar-refractivity contribution in [3.8, 4) is 0 Å². The zero-order valence-corrected chi connectivity index (χ0v) is 13.2. The normalized spacial score (nSPS) is 27.4. The third-order valence-corrected chi connectivity index (χ3v) is 5.93. The monoisotopic (exact) mass is 301 g/mol. The highest BCUT2D eigenvalue weighted by Gasteiger charge is 2.29. The number of hydrogen-bond donors (Lipinski definition) is 1. The van der Waals surface area contributed by atoms with Gasteiger partial charge in [-0.25, -0.2) is 4.98 Å². The minimum Gasteiger partial charge on any atom is -0.314 e. The summed E-state index contributed by atoms with van der Waals surface area (Å²) < 4.78 is 1.32. The number of nitrogens with one attached hydrogen (secondary N) is 1. The quantitative estimate of drug-likeness (QED) is 0.943. The van der Waals surface area contributed by atoms with Gasteiger partial charge in [0.25, 0.3) is 0 Å². The van der Waals surface area contributed by atoms with Gasteiger partial charge in [0.05, 0.1) is 16.8 Å². The van der Waals surface area contributed by atoms with Gasteiger partial charge in [0.1, 0.15) is 5.01 Å². The first-order valence-electron chi connectivity index (χ1n) is 8.19. The van der Waals surface area contributed by atoms with Gasteiger partial charge in [-0.1, -0.05) is 12.1 Å². The Kier molecular flexibility index (Phi) is 3.93. The van der Waals surface area contributed by atoms with Crippen LogP contribution in [0.25, 0.3) is 10.2 Å². The molecule has 0 spiro atoms. The highest BCUT2D eigenvalue weighted by molar-refractivity contribution is 7.18. The lowest BCUT2D eigenvalue weighted by molar-refractivity contribution is 0.145. The van der Waals surface area contributed by atoms with E-state index in [1.165, 1.54) is 55.0 Å². The molecule has 1 N–H and O–H groups in total. The molecule has 2 aromatic rings. The van der Waals surface area contributed by atoms with Crippen LogP contribution in [0.3, 0.4) is 0 Å². The number of para-hydroxylation sites is 1. The maximum absolute atomic E-state index is 4.79. The van der Waals surface area contributed by atoms with Crippen LogP contribution in [0.4, 0.5) is 0 Å². The van der Waals surface area contributed by atoms with Crippen LogP contribution >= 0.6 is 11.3 Å². The molecule has 112 valence electrons. The SMILES string of the molecule is c1ccc2sc(CN3CCCC(C4CCCN4)C3)nc2c1. The molecule has 0 radical (unpaired) electrons. The molecule has 4 heteroatoms. The van der Waals surface area contributed by atoms with Crippen LogP contribution in [0, 0.1) is 5.92 Å². The second kappa shape index (κ2) is 6.03. The van der Waals surface area contributed by atoms with Gasteiger partial charge in [0, 0.05) is 12.6 Å². The van der Waals surface area contributed by atoms with Crippen molar-refractivity contribution in [1.82, 2.24) is 15.2 Å². The minimum absolute atomic E-state index is 0.767. The van der Waals surface area contributed by atoms with Gasteiger partial charge >= 0.3 is 0 Å². The van der Waals surface area contributed by atoms with Crippen molar-refractivity contribution >= 4 is 21.6 Å². The molecule has 0 saturated carbocycles. The first-order valence-corrected chi connectivity index (χ1v) is 9.00. The van der Waals surface area contributed by atoms with Gasteiger partial charge < -0.3 is 5.32 Å². The average Bonchev–Trinajstić information content (AvgIpc) is 3.16. The van der Waals surface area contributed by atoms with Crippen molar-refractivity contribution in [2.24, 2.45) is 5.92 Å². The Morgan fingerprint density at radius 1 is 1.24 bits per heavy atom. The molecule has 2 unspecified atom stereocenters. The standard InChI is InChI=1S/C17H23N3S/c1-2-8-16-15(6-1)19-17(21-16)12-20-10-4-5-13(11-20)14-7-3-9-18-14/h1-2,6,8,13-14,18H,3-5,7,9-12H2. The summed E-state index contributed by atoms with van der Waals surface area (Å²) in [5.41, 5.74) is 1.16. The summed E-state index contributed by atoms with van der Waals surface area (Å²) in [4.78, 5) is 7.41. The summed E-state index contributed by atoms with van der Waals surface area (Å²) in [6, 6.07) is 9.25. The van der Waals surface area contributed by atoms with E-state index in [2.05, 4.69) is 34.5 Å². The lowest BCUT2D eigenvalue weighted by atomic mass is 9.90. The molecule has 3 nitrogen and oxygen atoms in total. The molecule has 0 aliphatic carbocycles. The molecule has 2 fully saturated rings. The number of aromatic nitrogens is 1. The van der Waals surface area contributed by atoms with Crippen molar-refractivity contribution in [2.45, 2.75) is 38.3 Å². The number of rotatable bonds is 3. The fourth-order valence-electron chi connectivity index (χ4n) is 3.86. The summed E-state index contributed by atoms with van der Waals surface area (Å²) in [7, 11) is 0.